The molecule has 0 saturated heterocycles. The summed E-state index contributed by atoms with van der Waals surface area (Å²) < 4.78 is 5.11. The highest BCUT2D eigenvalue weighted by molar-refractivity contribution is 5.99. The molecule has 17 heavy (non-hydrogen) atoms. The molecule has 0 radical (unpaired) electrons. The van der Waals surface area contributed by atoms with Crippen molar-refractivity contribution in [1.82, 2.24) is 4.90 Å². The van der Waals surface area contributed by atoms with Gasteiger partial charge in [-0.1, -0.05) is 12.2 Å². The van der Waals surface area contributed by atoms with Gasteiger partial charge in [0, 0.05) is 18.8 Å². The molecule has 0 aromatic heterocycles. The number of methoxy groups -OCH3 is 1. The van der Waals surface area contributed by atoms with Crippen LogP contribution in [0.3, 0.4) is 0 Å². The molecule has 0 fully saturated rings. The Balaban J connectivity index is 2.26. The molecule has 4 heteroatoms. The molecule has 2 rings (SSSR count). The van der Waals surface area contributed by atoms with Crippen LogP contribution in [0.25, 0.3) is 0 Å². The topological polar surface area (TPSA) is 55.6 Å². The minimum atomic E-state index is -0.0363. The van der Waals surface area contributed by atoms with Crippen molar-refractivity contribution in [2.75, 3.05) is 25.9 Å². The number of hydrogen-bond donors (Lipinski definition) is 1. The molecule has 90 valence electrons. The molecule has 1 aromatic carbocycles. The van der Waals surface area contributed by atoms with Gasteiger partial charge < -0.3 is 15.4 Å². The first kappa shape index (κ1) is 11.5. The van der Waals surface area contributed by atoms with Crippen LogP contribution in [0.1, 0.15) is 16.8 Å². The molecular weight excluding hydrogens is 216 g/mol. The van der Waals surface area contributed by atoms with E-state index < -0.39 is 0 Å². The molecule has 0 atom stereocenters. The Morgan fingerprint density at radius 3 is 2.88 bits per heavy atom. The maximum atomic E-state index is 12.2. The van der Waals surface area contributed by atoms with Crippen molar-refractivity contribution in [3.63, 3.8) is 0 Å². The summed E-state index contributed by atoms with van der Waals surface area (Å²) in [5.41, 5.74) is 6.84. The van der Waals surface area contributed by atoms with E-state index in [0.29, 0.717) is 23.5 Å². The summed E-state index contributed by atoms with van der Waals surface area (Å²) >= 11 is 0. The highest BCUT2D eigenvalue weighted by Gasteiger charge is 2.18. The molecule has 4 nitrogen and oxygen atoms in total. The Morgan fingerprint density at radius 1 is 1.41 bits per heavy atom. The van der Waals surface area contributed by atoms with Crippen LogP contribution in [0, 0.1) is 0 Å². The Morgan fingerprint density at radius 2 is 2.24 bits per heavy atom. The number of ether oxygens (including phenoxy) is 1. The van der Waals surface area contributed by atoms with E-state index in [1.54, 1.807) is 30.2 Å². The molecule has 0 unspecified atom stereocenters. The standard InChI is InChI=1S/C13H16N2O2/c1-17-10-5-6-12(14)11(9-10)13(16)15-7-3-2-4-8-15/h2-3,5-6,9H,4,7-8,14H2,1H3. The zero-order valence-electron chi connectivity index (χ0n) is 9.85. The van der Waals surface area contributed by atoms with Gasteiger partial charge in [0.15, 0.2) is 0 Å². The normalized spacial score (nSPS) is 14.8. The molecular formula is C13H16N2O2. The number of hydrogen-bond acceptors (Lipinski definition) is 3. The molecule has 1 aromatic rings. The van der Waals surface area contributed by atoms with E-state index in [0.717, 1.165) is 13.0 Å². The van der Waals surface area contributed by atoms with Crippen molar-refractivity contribution in [1.29, 1.82) is 0 Å². The SMILES string of the molecule is COc1ccc(N)c(C(=O)N2CC=CCC2)c1. The van der Waals surface area contributed by atoms with Crippen LogP contribution in [0.15, 0.2) is 30.4 Å². The summed E-state index contributed by atoms with van der Waals surface area (Å²) in [5, 5.41) is 0. The predicted octanol–water partition coefficient (Wildman–Crippen LogP) is 1.68. The number of carbonyl (C=O) groups excluding carboxylic acids is 1. The molecule has 0 spiro atoms. The molecule has 1 aliphatic heterocycles. The van der Waals surface area contributed by atoms with Crippen molar-refractivity contribution in [2.24, 2.45) is 0 Å². The number of nitrogens with zero attached hydrogens (tertiary/aromatic N) is 1. The minimum Gasteiger partial charge on any atom is -0.497 e. The van der Waals surface area contributed by atoms with Crippen LogP contribution in [-0.2, 0) is 0 Å². The molecule has 1 amide bonds. The number of anilines is 1. The van der Waals surface area contributed by atoms with E-state index in [9.17, 15) is 4.79 Å². The van der Waals surface area contributed by atoms with Crippen molar-refractivity contribution in [3.05, 3.63) is 35.9 Å². The average Bonchev–Trinajstić information content (AvgIpc) is 2.39. The van der Waals surface area contributed by atoms with Gasteiger partial charge in [-0.3, -0.25) is 4.79 Å². The van der Waals surface area contributed by atoms with Crippen LogP contribution < -0.4 is 10.5 Å². The lowest BCUT2D eigenvalue weighted by Gasteiger charge is -2.24. The largest absolute Gasteiger partial charge is 0.497 e. The minimum absolute atomic E-state index is 0.0363. The summed E-state index contributed by atoms with van der Waals surface area (Å²) in [7, 11) is 1.57. The third kappa shape index (κ3) is 2.41. The van der Waals surface area contributed by atoms with Crippen LogP contribution in [0.2, 0.25) is 0 Å². The first-order valence-corrected chi connectivity index (χ1v) is 5.60. The lowest BCUT2D eigenvalue weighted by atomic mass is 10.1. The number of carbonyl (C=O) groups is 1. The fourth-order valence-corrected chi connectivity index (χ4v) is 1.84. The van der Waals surface area contributed by atoms with Crippen molar-refractivity contribution >= 4 is 11.6 Å². The molecule has 0 aliphatic carbocycles. The number of nitrogens with two attached hydrogens (primary N) is 1. The summed E-state index contributed by atoms with van der Waals surface area (Å²) in [6, 6.07) is 5.14. The van der Waals surface area contributed by atoms with Crippen molar-refractivity contribution < 1.29 is 9.53 Å². The van der Waals surface area contributed by atoms with E-state index in [1.165, 1.54) is 0 Å². The summed E-state index contributed by atoms with van der Waals surface area (Å²) in [6.07, 6.45) is 4.98. The van der Waals surface area contributed by atoms with Gasteiger partial charge in [0.25, 0.3) is 5.91 Å². The van der Waals surface area contributed by atoms with E-state index in [4.69, 9.17) is 10.5 Å². The Hall–Kier alpha value is -1.97. The quantitative estimate of drug-likeness (QED) is 0.623. The van der Waals surface area contributed by atoms with Crippen LogP contribution in [-0.4, -0.2) is 31.0 Å². The molecule has 1 heterocycles. The fraction of sp³-hybridized carbons (Fsp3) is 0.308. The van der Waals surface area contributed by atoms with Gasteiger partial charge in [0.05, 0.1) is 12.7 Å². The fourth-order valence-electron chi connectivity index (χ4n) is 1.84. The highest BCUT2D eigenvalue weighted by Crippen LogP contribution is 2.21. The Labute approximate surface area is 101 Å². The lowest BCUT2D eigenvalue weighted by Crippen LogP contribution is -2.34. The van der Waals surface area contributed by atoms with Gasteiger partial charge >= 0.3 is 0 Å². The second kappa shape index (κ2) is 4.91. The highest BCUT2D eigenvalue weighted by atomic mass is 16.5. The first-order chi connectivity index (χ1) is 8.22. The van der Waals surface area contributed by atoms with Gasteiger partial charge in [0.2, 0.25) is 0 Å². The van der Waals surface area contributed by atoms with Crippen LogP contribution in [0.5, 0.6) is 5.75 Å². The van der Waals surface area contributed by atoms with E-state index in [-0.39, 0.29) is 5.91 Å². The smallest absolute Gasteiger partial charge is 0.256 e. The predicted molar refractivity (Wildman–Crippen MR) is 67.1 cm³/mol. The summed E-state index contributed by atoms with van der Waals surface area (Å²) in [6.45, 7) is 1.39. The van der Waals surface area contributed by atoms with E-state index in [2.05, 4.69) is 6.08 Å². The molecule has 1 aliphatic rings. The van der Waals surface area contributed by atoms with Crippen LogP contribution >= 0.6 is 0 Å². The molecule has 0 saturated carbocycles. The first-order valence-electron chi connectivity index (χ1n) is 5.60. The maximum Gasteiger partial charge on any atom is 0.256 e. The van der Waals surface area contributed by atoms with Gasteiger partial charge in [-0.15, -0.1) is 0 Å². The number of nitrogen functional groups attached to an aromatic ring is 1. The second-order valence-corrected chi connectivity index (χ2v) is 3.96. The number of amides is 1. The van der Waals surface area contributed by atoms with Crippen molar-refractivity contribution in [3.8, 4) is 5.75 Å². The van der Waals surface area contributed by atoms with E-state index in [1.807, 2.05) is 6.08 Å². The average molecular weight is 232 g/mol. The summed E-state index contributed by atoms with van der Waals surface area (Å²) in [4.78, 5) is 14.0. The Bertz CT molecular complexity index is 455. The lowest BCUT2D eigenvalue weighted by molar-refractivity contribution is 0.0771. The number of rotatable bonds is 2. The van der Waals surface area contributed by atoms with Crippen LogP contribution in [0.4, 0.5) is 5.69 Å². The third-order valence-electron chi connectivity index (χ3n) is 2.84. The molecule has 0 bridgehead atoms. The zero-order valence-corrected chi connectivity index (χ0v) is 9.85. The van der Waals surface area contributed by atoms with Gasteiger partial charge in [-0.25, -0.2) is 0 Å². The van der Waals surface area contributed by atoms with Crippen molar-refractivity contribution in [2.45, 2.75) is 6.42 Å². The third-order valence-corrected chi connectivity index (χ3v) is 2.84. The Kier molecular flexibility index (Phi) is 3.32. The second-order valence-electron chi connectivity index (χ2n) is 3.96. The zero-order chi connectivity index (χ0) is 12.3. The monoisotopic (exact) mass is 232 g/mol. The van der Waals surface area contributed by atoms with Gasteiger partial charge in [-0.2, -0.15) is 0 Å². The van der Waals surface area contributed by atoms with Gasteiger partial charge in [0.1, 0.15) is 5.75 Å². The van der Waals surface area contributed by atoms with E-state index >= 15 is 0 Å². The summed E-state index contributed by atoms with van der Waals surface area (Å²) in [5.74, 6) is 0.612. The number of benzene rings is 1. The molecule has 2 N–H and O–H groups in total. The maximum absolute atomic E-state index is 12.2. The van der Waals surface area contributed by atoms with Gasteiger partial charge in [-0.05, 0) is 24.6 Å².